The molecule has 1 saturated heterocycles. The van der Waals surface area contributed by atoms with Gasteiger partial charge in [-0.3, -0.25) is 14.5 Å². The third-order valence-electron chi connectivity index (χ3n) is 5.53. The van der Waals surface area contributed by atoms with Crippen molar-refractivity contribution in [2.24, 2.45) is 0 Å². The number of hydrogen-bond acceptors (Lipinski definition) is 6. The zero-order chi connectivity index (χ0) is 22.9. The molecular weight excluding hydrogens is 465 g/mol. The van der Waals surface area contributed by atoms with Crippen molar-refractivity contribution in [2.45, 2.75) is 6.54 Å². The average molecular weight is 484 g/mol. The summed E-state index contributed by atoms with van der Waals surface area (Å²) < 4.78 is 14.5. The first kappa shape index (κ1) is 21.7. The molecule has 10 heteroatoms. The fourth-order valence-electron chi connectivity index (χ4n) is 3.76. The molecule has 2 aromatic heterocycles. The van der Waals surface area contributed by atoms with Crippen LogP contribution < -0.4 is 5.56 Å². The van der Waals surface area contributed by atoms with E-state index in [1.807, 2.05) is 4.90 Å². The lowest BCUT2D eigenvalue weighted by molar-refractivity contribution is 0.0627. The first-order valence-corrected chi connectivity index (χ1v) is 11.6. The molecule has 33 heavy (non-hydrogen) atoms. The van der Waals surface area contributed by atoms with Crippen LogP contribution in [0.25, 0.3) is 15.5 Å². The molecule has 5 rings (SSSR count). The SMILES string of the molecule is O=C(c1ccc(Cl)cc1)N1CCN(Cc2cc(=O)n3nc(-c4ccc(F)cc4)sc3n2)CC1. The van der Waals surface area contributed by atoms with E-state index in [1.54, 1.807) is 36.4 Å². The molecule has 2 aromatic carbocycles. The van der Waals surface area contributed by atoms with Crippen molar-refractivity contribution in [3.05, 3.63) is 87.0 Å². The van der Waals surface area contributed by atoms with Gasteiger partial charge in [0.15, 0.2) is 0 Å². The summed E-state index contributed by atoms with van der Waals surface area (Å²) in [6, 6.07) is 14.4. The Bertz CT molecular complexity index is 1360. The largest absolute Gasteiger partial charge is 0.336 e. The minimum absolute atomic E-state index is 0.0120. The summed E-state index contributed by atoms with van der Waals surface area (Å²) in [4.78, 5) is 34.4. The Morgan fingerprint density at radius 1 is 1.03 bits per heavy atom. The Morgan fingerprint density at radius 3 is 2.42 bits per heavy atom. The highest BCUT2D eigenvalue weighted by atomic mass is 35.5. The average Bonchev–Trinajstić information content (AvgIpc) is 3.25. The molecule has 0 atom stereocenters. The fraction of sp³-hybridized carbons (Fsp3) is 0.217. The van der Waals surface area contributed by atoms with E-state index in [0.717, 1.165) is 5.56 Å². The molecule has 1 aliphatic rings. The third kappa shape index (κ3) is 4.66. The van der Waals surface area contributed by atoms with Crippen molar-refractivity contribution < 1.29 is 9.18 Å². The second-order valence-electron chi connectivity index (χ2n) is 7.77. The van der Waals surface area contributed by atoms with Gasteiger partial charge in [-0.05, 0) is 48.5 Å². The van der Waals surface area contributed by atoms with Crippen LogP contribution in [0.3, 0.4) is 0 Å². The monoisotopic (exact) mass is 483 g/mol. The van der Waals surface area contributed by atoms with Crippen molar-refractivity contribution in [2.75, 3.05) is 26.2 Å². The van der Waals surface area contributed by atoms with E-state index in [9.17, 15) is 14.0 Å². The van der Waals surface area contributed by atoms with E-state index in [4.69, 9.17) is 11.6 Å². The standard InChI is InChI=1S/C23H19ClFN5O2S/c24-17-5-1-16(2-6-17)22(32)29-11-9-28(10-12-29)14-19-13-20(31)30-23(26-19)33-21(27-30)15-3-7-18(25)8-4-15/h1-8,13H,9-12,14H2. The number of carbonyl (C=O) groups is 1. The van der Waals surface area contributed by atoms with Gasteiger partial charge in [0.05, 0.1) is 5.69 Å². The first-order valence-electron chi connectivity index (χ1n) is 10.4. The number of benzene rings is 2. The minimum atomic E-state index is -0.326. The van der Waals surface area contributed by atoms with E-state index in [0.29, 0.717) is 59.0 Å². The van der Waals surface area contributed by atoms with Gasteiger partial charge in [0.2, 0.25) is 4.96 Å². The van der Waals surface area contributed by atoms with Gasteiger partial charge in [-0.2, -0.15) is 9.61 Å². The van der Waals surface area contributed by atoms with Crippen LogP contribution in [0.15, 0.2) is 59.4 Å². The summed E-state index contributed by atoms with van der Waals surface area (Å²) in [7, 11) is 0. The van der Waals surface area contributed by atoms with Crippen LogP contribution in [-0.2, 0) is 6.54 Å². The van der Waals surface area contributed by atoms with E-state index in [2.05, 4.69) is 15.0 Å². The molecule has 0 spiro atoms. The smallest absolute Gasteiger partial charge is 0.275 e. The second kappa shape index (κ2) is 9.01. The first-order chi connectivity index (χ1) is 16.0. The molecule has 1 amide bonds. The van der Waals surface area contributed by atoms with Crippen molar-refractivity contribution in [1.82, 2.24) is 24.4 Å². The van der Waals surface area contributed by atoms with Gasteiger partial charge in [0, 0.05) is 54.9 Å². The molecule has 4 aromatic rings. The van der Waals surface area contributed by atoms with Crippen LogP contribution in [0.2, 0.25) is 5.02 Å². The Balaban J connectivity index is 1.27. The molecule has 0 unspecified atom stereocenters. The lowest BCUT2D eigenvalue weighted by Crippen LogP contribution is -2.48. The fourth-order valence-corrected chi connectivity index (χ4v) is 4.82. The molecule has 1 fully saturated rings. The number of nitrogens with zero attached hydrogens (tertiary/aromatic N) is 5. The van der Waals surface area contributed by atoms with Crippen molar-refractivity contribution in [3.8, 4) is 10.6 Å². The van der Waals surface area contributed by atoms with Gasteiger partial charge >= 0.3 is 0 Å². The number of rotatable bonds is 4. The van der Waals surface area contributed by atoms with E-state index >= 15 is 0 Å². The van der Waals surface area contributed by atoms with Crippen LogP contribution in [0, 0.1) is 5.82 Å². The Labute approximate surface area is 197 Å². The lowest BCUT2D eigenvalue weighted by atomic mass is 10.2. The molecule has 0 saturated carbocycles. The van der Waals surface area contributed by atoms with E-state index in [-0.39, 0.29) is 17.3 Å². The van der Waals surface area contributed by atoms with Gasteiger partial charge in [0.25, 0.3) is 11.5 Å². The van der Waals surface area contributed by atoms with Crippen LogP contribution in [0.4, 0.5) is 4.39 Å². The van der Waals surface area contributed by atoms with Crippen molar-refractivity contribution in [1.29, 1.82) is 0 Å². The second-order valence-corrected chi connectivity index (χ2v) is 9.16. The molecule has 0 bridgehead atoms. The maximum Gasteiger partial charge on any atom is 0.275 e. The number of hydrogen-bond donors (Lipinski definition) is 0. The van der Waals surface area contributed by atoms with Gasteiger partial charge in [-0.25, -0.2) is 9.37 Å². The summed E-state index contributed by atoms with van der Waals surface area (Å²) >= 11 is 7.19. The van der Waals surface area contributed by atoms with Gasteiger partial charge in [0.1, 0.15) is 10.8 Å². The van der Waals surface area contributed by atoms with Crippen molar-refractivity contribution in [3.63, 3.8) is 0 Å². The number of amides is 1. The van der Waals surface area contributed by atoms with E-state index < -0.39 is 0 Å². The minimum Gasteiger partial charge on any atom is -0.336 e. The molecule has 1 aliphatic heterocycles. The van der Waals surface area contributed by atoms with Crippen LogP contribution in [-0.4, -0.2) is 56.5 Å². The molecule has 0 radical (unpaired) electrons. The van der Waals surface area contributed by atoms with Gasteiger partial charge in [-0.15, -0.1) is 0 Å². The summed E-state index contributed by atoms with van der Waals surface area (Å²) in [6.07, 6.45) is 0. The van der Waals surface area contributed by atoms with Crippen LogP contribution >= 0.6 is 22.9 Å². The maximum absolute atomic E-state index is 13.2. The van der Waals surface area contributed by atoms with Gasteiger partial charge < -0.3 is 4.90 Å². The number of piperazine rings is 1. The number of fused-ring (bicyclic) bond motifs is 1. The molecule has 168 valence electrons. The normalized spacial score (nSPS) is 14.7. The zero-order valence-electron chi connectivity index (χ0n) is 17.4. The molecular formula is C23H19ClFN5O2S. The zero-order valence-corrected chi connectivity index (χ0v) is 19.0. The maximum atomic E-state index is 13.2. The van der Waals surface area contributed by atoms with Crippen molar-refractivity contribution >= 4 is 33.8 Å². The van der Waals surface area contributed by atoms with E-state index in [1.165, 1.54) is 34.1 Å². The van der Waals surface area contributed by atoms with Crippen LogP contribution in [0.5, 0.6) is 0 Å². The summed E-state index contributed by atoms with van der Waals surface area (Å²) in [6.45, 7) is 3.07. The number of carbonyl (C=O) groups excluding carboxylic acids is 1. The molecule has 7 nitrogen and oxygen atoms in total. The summed E-state index contributed by atoms with van der Waals surface area (Å²) in [5.74, 6) is -0.338. The van der Waals surface area contributed by atoms with Crippen LogP contribution in [0.1, 0.15) is 16.1 Å². The number of aromatic nitrogens is 3. The Morgan fingerprint density at radius 2 is 1.73 bits per heavy atom. The third-order valence-corrected chi connectivity index (χ3v) is 6.73. The Hall–Kier alpha value is -3.14. The summed E-state index contributed by atoms with van der Waals surface area (Å²) in [5.41, 5.74) is 1.76. The van der Waals surface area contributed by atoms with Gasteiger partial charge in [-0.1, -0.05) is 22.9 Å². The highest BCUT2D eigenvalue weighted by molar-refractivity contribution is 7.19. The molecule has 0 aliphatic carbocycles. The topological polar surface area (TPSA) is 70.8 Å². The quantitative estimate of drug-likeness (QED) is 0.444. The molecule has 3 heterocycles. The highest BCUT2D eigenvalue weighted by Crippen LogP contribution is 2.24. The molecule has 0 N–H and O–H groups in total. The highest BCUT2D eigenvalue weighted by Gasteiger charge is 2.23. The predicted octanol–water partition coefficient (Wildman–Crippen LogP) is 3.57. The lowest BCUT2D eigenvalue weighted by Gasteiger charge is -2.34. The summed E-state index contributed by atoms with van der Waals surface area (Å²) in [5, 5.41) is 5.54. The predicted molar refractivity (Wildman–Crippen MR) is 125 cm³/mol. The Kier molecular flexibility index (Phi) is 5.92. The number of halogens is 2.